The highest BCUT2D eigenvalue weighted by atomic mass is 16.5. The zero-order chi connectivity index (χ0) is 24.2. The SMILES string of the molecule is CCCNC(=O)[C@@H](C)N(Cc1ccccc1C)C(=O)CCc1ccc(OCC)c(OCC)c1. The molecule has 0 radical (unpaired) electrons. The summed E-state index contributed by atoms with van der Waals surface area (Å²) in [5.74, 6) is 1.22. The summed E-state index contributed by atoms with van der Waals surface area (Å²) in [4.78, 5) is 27.7. The van der Waals surface area contributed by atoms with Crippen LogP contribution in [0.25, 0.3) is 0 Å². The summed E-state index contributed by atoms with van der Waals surface area (Å²) in [6.45, 7) is 11.8. The van der Waals surface area contributed by atoms with Gasteiger partial charge in [0.25, 0.3) is 0 Å². The molecule has 2 aromatic carbocycles. The van der Waals surface area contributed by atoms with E-state index in [1.165, 1.54) is 0 Å². The number of rotatable bonds is 13. The van der Waals surface area contributed by atoms with Crippen LogP contribution in [0, 0.1) is 6.92 Å². The topological polar surface area (TPSA) is 67.9 Å². The van der Waals surface area contributed by atoms with Crippen LogP contribution in [0.2, 0.25) is 0 Å². The predicted molar refractivity (Wildman–Crippen MR) is 132 cm³/mol. The van der Waals surface area contributed by atoms with E-state index < -0.39 is 6.04 Å². The summed E-state index contributed by atoms with van der Waals surface area (Å²) < 4.78 is 11.3. The quantitative estimate of drug-likeness (QED) is 0.478. The van der Waals surface area contributed by atoms with Crippen LogP contribution in [0.1, 0.15) is 57.2 Å². The number of nitrogens with zero attached hydrogens (tertiary/aromatic N) is 1. The van der Waals surface area contributed by atoms with E-state index in [1.807, 2.05) is 70.2 Å². The van der Waals surface area contributed by atoms with Gasteiger partial charge in [-0.25, -0.2) is 0 Å². The molecule has 2 amide bonds. The number of carbonyl (C=O) groups is 2. The van der Waals surface area contributed by atoms with Crippen LogP contribution < -0.4 is 14.8 Å². The van der Waals surface area contributed by atoms with Crippen molar-refractivity contribution in [3.05, 3.63) is 59.2 Å². The van der Waals surface area contributed by atoms with E-state index in [0.717, 1.165) is 23.1 Å². The number of hydrogen-bond acceptors (Lipinski definition) is 4. The number of amides is 2. The summed E-state index contributed by atoms with van der Waals surface area (Å²) in [6.07, 6.45) is 1.71. The van der Waals surface area contributed by atoms with E-state index in [9.17, 15) is 9.59 Å². The molecule has 33 heavy (non-hydrogen) atoms. The highest BCUT2D eigenvalue weighted by Crippen LogP contribution is 2.29. The first-order valence-corrected chi connectivity index (χ1v) is 11.9. The van der Waals surface area contributed by atoms with Crippen LogP contribution in [0.5, 0.6) is 11.5 Å². The standard InChI is InChI=1S/C27H38N2O4/c1-6-17-28-27(31)21(5)29(19-23-12-10-9-11-20(23)4)26(30)16-14-22-13-15-24(32-7-2)25(18-22)33-8-3/h9-13,15,18,21H,6-8,14,16-17,19H2,1-5H3,(H,28,31)/t21-/m1/s1. The van der Waals surface area contributed by atoms with Gasteiger partial charge in [-0.3, -0.25) is 9.59 Å². The summed E-state index contributed by atoms with van der Waals surface area (Å²) >= 11 is 0. The lowest BCUT2D eigenvalue weighted by Crippen LogP contribution is -2.47. The molecule has 6 nitrogen and oxygen atoms in total. The average Bonchev–Trinajstić information content (AvgIpc) is 2.81. The van der Waals surface area contributed by atoms with Crippen LogP contribution in [0.4, 0.5) is 0 Å². The highest BCUT2D eigenvalue weighted by molar-refractivity contribution is 5.87. The van der Waals surface area contributed by atoms with Crippen molar-refractivity contribution >= 4 is 11.8 Å². The third-order valence-corrected chi connectivity index (χ3v) is 5.55. The van der Waals surface area contributed by atoms with E-state index in [0.29, 0.717) is 50.6 Å². The second-order valence-corrected chi connectivity index (χ2v) is 8.06. The summed E-state index contributed by atoms with van der Waals surface area (Å²) in [6, 6.07) is 13.2. The summed E-state index contributed by atoms with van der Waals surface area (Å²) in [7, 11) is 0. The van der Waals surface area contributed by atoms with Crippen molar-refractivity contribution in [2.45, 2.75) is 66.5 Å². The molecule has 1 N–H and O–H groups in total. The van der Waals surface area contributed by atoms with Crippen LogP contribution in [-0.4, -0.2) is 42.5 Å². The molecule has 2 aromatic rings. The molecule has 0 saturated heterocycles. The zero-order valence-corrected chi connectivity index (χ0v) is 20.6. The molecule has 0 fully saturated rings. The Morgan fingerprint density at radius 2 is 1.70 bits per heavy atom. The van der Waals surface area contributed by atoms with Gasteiger partial charge < -0.3 is 19.7 Å². The maximum Gasteiger partial charge on any atom is 0.242 e. The summed E-state index contributed by atoms with van der Waals surface area (Å²) in [5, 5.41) is 2.92. The highest BCUT2D eigenvalue weighted by Gasteiger charge is 2.26. The van der Waals surface area contributed by atoms with Crippen molar-refractivity contribution in [3.63, 3.8) is 0 Å². The lowest BCUT2D eigenvalue weighted by molar-refractivity contribution is -0.140. The van der Waals surface area contributed by atoms with Crippen molar-refractivity contribution in [2.24, 2.45) is 0 Å². The van der Waals surface area contributed by atoms with Gasteiger partial charge in [-0.1, -0.05) is 37.3 Å². The average molecular weight is 455 g/mol. The van der Waals surface area contributed by atoms with Gasteiger partial charge in [0, 0.05) is 19.5 Å². The smallest absolute Gasteiger partial charge is 0.242 e. The van der Waals surface area contributed by atoms with Crippen LogP contribution in [0.15, 0.2) is 42.5 Å². The van der Waals surface area contributed by atoms with Gasteiger partial charge in [0.1, 0.15) is 6.04 Å². The monoisotopic (exact) mass is 454 g/mol. The first-order valence-electron chi connectivity index (χ1n) is 11.9. The molecule has 0 aliphatic carbocycles. The molecule has 0 unspecified atom stereocenters. The molecule has 180 valence electrons. The minimum absolute atomic E-state index is 0.0516. The Morgan fingerprint density at radius 3 is 2.36 bits per heavy atom. The fourth-order valence-electron chi connectivity index (χ4n) is 3.60. The lowest BCUT2D eigenvalue weighted by atomic mass is 10.1. The molecular formula is C27H38N2O4. The van der Waals surface area contributed by atoms with Crippen molar-refractivity contribution in [1.29, 1.82) is 0 Å². The van der Waals surface area contributed by atoms with Gasteiger partial charge in [-0.05, 0) is 69.4 Å². The molecule has 1 atom stereocenters. The van der Waals surface area contributed by atoms with Crippen molar-refractivity contribution < 1.29 is 19.1 Å². The fraction of sp³-hybridized carbons (Fsp3) is 0.481. The van der Waals surface area contributed by atoms with E-state index in [1.54, 1.807) is 11.8 Å². The van der Waals surface area contributed by atoms with Gasteiger partial charge in [0.15, 0.2) is 11.5 Å². The molecule has 0 aliphatic heterocycles. The predicted octanol–water partition coefficient (Wildman–Crippen LogP) is 4.67. The molecule has 0 saturated carbocycles. The van der Waals surface area contributed by atoms with Crippen LogP contribution in [0.3, 0.4) is 0 Å². The first kappa shape index (κ1) is 26.2. The van der Waals surface area contributed by atoms with Crippen molar-refractivity contribution in [2.75, 3.05) is 19.8 Å². The number of nitrogens with one attached hydrogen (secondary N) is 1. The maximum absolute atomic E-state index is 13.3. The Morgan fingerprint density at radius 1 is 1.00 bits per heavy atom. The Balaban J connectivity index is 2.17. The third-order valence-electron chi connectivity index (χ3n) is 5.55. The van der Waals surface area contributed by atoms with E-state index in [-0.39, 0.29) is 11.8 Å². The fourth-order valence-corrected chi connectivity index (χ4v) is 3.60. The lowest BCUT2D eigenvalue weighted by Gasteiger charge is -2.29. The molecule has 0 aliphatic rings. The van der Waals surface area contributed by atoms with Crippen LogP contribution in [-0.2, 0) is 22.6 Å². The van der Waals surface area contributed by atoms with Gasteiger partial charge in [-0.15, -0.1) is 0 Å². The van der Waals surface area contributed by atoms with Crippen molar-refractivity contribution in [3.8, 4) is 11.5 Å². The molecule has 0 bridgehead atoms. The maximum atomic E-state index is 13.3. The molecule has 2 rings (SSSR count). The zero-order valence-electron chi connectivity index (χ0n) is 20.6. The van der Waals surface area contributed by atoms with Gasteiger partial charge in [0.2, 0.25) is 11.8 Å². The van der Waals surface area contributed by atoms with Gasteiger partial charge in [0.05, 0.1) is 13.2 Å². The Kier molecular flexibility index (Phi) is 10.7. The second-order valence-electron chi connectivity index (χ2n) is 8.06. The molecule has 0 spiro atoms. The molecular weight excluding hydrogens is 416 g/mol. The molecule has 0 aromatic heterocycles. The minimum Gasteiger partial charge on any atom is -0.490 e. The summed E-state index contributed by atoms with van der Waals surface area (Å²) in [5.41, 5.74) is 3.14. The van der Waals surface area contributed by atoms with Crippen LogP contribution >= 0.6 is 0 Å². The molecule has 6 heteroatoms. The van der Waals surface area contributed by atoms with E-state index in [4.69, 9.17) is 9.47 Å². The minimum atomic E-state index is -0.553. The van der Waals surface area contributed by atoms with Crippen molar-refractivity contribution in [1.82, 2.24) is 10.2 Å². The normalized spacial score (nSPS) is 11.5. The van der Waals surface area contributed by atoms with E-state index >= 15 is 0 Å². The van der Waals surface area contributed by atoms with Gasteiger partial charge >= 0.3 is 0 Å². The number of ether oxygens (including phenoxy) is 2. The number of hydrogen-bond donors (Lipinski definition) is 1. The van der Waals surface area contributed by atoms with E-state index in [2.05, 4.69) is 5.32 Å². The number of benzene rings is 2. The first-order chi connectivity index (χ1) is 15.9. The number of aryl methyl sites for hydroxylation is 2. The third kappa shape index (κ3) is 7.81. The molecule has 0 heterocycles. The Hall–Kier alpha value is -3.02. The Bertz CT molecular complexity index is 913. The van der Waals surface area contributed by atoms with Gasteiger partial charge in [-0.2, -0.15) is 0 Å². The largest absolute Gasteiger partial charge is 0.490 e. The number of carbonyl (C=O) groups excluding carboxylic acids is 2. The Labute approximate surface area is 198 Å². The second kappa shape index (κ2) is 13.5.